The van der Waals surface area contributed by atoms with E-state index < -0.39 is 0 Å². The van der Waals surface area contributed by atoms with Crippen LogP contribution in [0.25, 0.3) is 0 Å². The minimum Gasteiger partial charge on any atom is -0.340 e. The first-order valence-electron chi connectivity index (χ1n) is 11.2. The molecule has 170 valence electrons. The molecule has 0 aliphatic carbocycles. The van der Waals surface area contributed by atoms with E-state index in [2.05, 4.69) is 5.10 Å². The fourth-order valence-electron chi connectivity index (χ4n) is 4.60. The number of benzene rings is 1. The zero-order chi connectivity index (χ0) is 22.9. The van der Waals surface area contributed by atoms with Crippen LogP contribution in [0, 0.1) is 12.7 Å². The molecule has 33 heavy (non-hydrogen) atoms. The predicted octanol–water partition coefficient (Wildman–Crippen LogP) is 2.62. The summed E-state index contributed by atoms with van der Waals surface area (Å²) in [6, 6.07) is 8.07. The van der Waals surface area contributed by atoms with Crippen LogP contribution in [0.2, 0.25) is 0 Å². The number of rotatable bonds is 5. The highest BCUT2D eigenvalue weighted by atomic mass is 19.1. The number of hydrogen-bond acceptors (Lipinski definition) is 5. The maximum absolute atomic E-state index is 13.7. The lowest BCUT2D eigenvalue weighted by Crippen LogP contribution is -2.36. The quantitative estimate of drug-likeness (QED) is 0.599. The van der Waals surface area contributed by atoms with E-state index >= 15 is 0 Å². The molecule has 2 aliphatic heterocycles. The summed E-state index contributed by atoms with van der Waals surface area (Å²) in [6.45, 7) is 3.58. The van der Waals surface area contributed by atoms with Gasteiger partial charge in [0.25, 0.3) is 0 Å². The van der Waals surface area contributed by atoms with Gasteiger partial charge in [0.1, 0.15) is 24.0 Å². The Hall–Kier alpha value is -3.62. The van der Waals surface area contributed by atoms with Crippen LogP contribution >= 0.6 is 0 Å². The monoisotopic (exact) mass is 448 g/mol. The van der Waals surface area contributed by atoms with Crippen molar-refractivity contribution < 1.29 is 14.0 Å². The van der Waals surface area contributed by atoms with Gasteiger partial charge in [-0.3, -0.25) is 19.2 Å². The number of carbonyl (C=O) groups excluding carboxylic acids is 2. The van der Waals surface area contributed by atoms with Gasteiger partial charge in [-0.1, -0.05) is 12.1 Å². The van der Waals surface area contributed by atoms with E-state index in [1.54, 1.807) is 40.2 Å². The topological polar surface area (TPSA) is 84.2 Å². The van der Waals surface area contributed by atoms with Crippen molar-refractivity contribution in [1.29, 1.82) is 0 Å². The van der Waals surface area contributed by atoms with Gasteiger partial charge in [0.05, 0.1) is 6.54 Å². The minimum absolute atomic E-state index is 0.00335. The molecule has 0 N–H and O–H groups in total. The Morgan fingerprint density at radius 3 is 2.88 bits per heavy atom. The maximum Gasteiger partial charge on any atom is 0.244 e. The summed E-state index contributed by atoms with van der Waals surface area (Å²) in [4.78, 5) is 38.5. The standard InChI is InChI=1S/C24H25FN6O2/c1-16-20-6-7-21(32)31(13-17-4-2-5-19(25)12-17)24(20)28-23(27-16)18-8-11-29(14-18)22(33)15-30-10-3-9-26-30/h2-5,9-10,12,18H,6-8,11,13-15H2,1H3/t18-/m0/s1. The van der Waals surface area contributed by atoms with Gasteiger partial charge in [-0.15, -0.1) is 0 Å². The van der Waals surface area contributed by atoms with Gasteiger partial charge in [0, 0.05) is 49.1 Å². The first-order chi connectivity index (χ1) is 16.0. The second-order valence-electron chi connectivity index (χ2n) is 8.61. The Morgan fingerprint density at radius 1 is 1.21 bits per heavy atom. The molecule has 0 saturated carbocycles. The van der Waals surface area contributed by atoms with Crippen molar-refractivity contribution in [3.63, 3.8) is 0 Å². The van der Waals surface area contributed by atoms with Gasteiger partial charge in [0.15, 0.2) is 0 Å². The van der Waals surface area contributed by atoms with Gasteiger partial charge in [0.2, 0.25) is 11.8 Å². The van der Waals surface area contributed by atoms with Crippen molar-refractivity contribution in [2.24, 2.45) is 0 Å². The molecule has 8 nitrogen and oxygen atoms in total. The lowest BCUT2D eigenvalue weighted by molar-refractivity contribution is -0.131. The Bertz CT molecular complexity index is 1200. The summed E-state index contributed by atoms with van der Waals surface area (Å²) in [7, 11) is 0. The molecule has 9 heteroatoms. The highest BCUT2D eigenvalue weighted by Crippen LogP contribution is 2.33. The van der Waals surface area contributed by atoms with Gasteiger partial charge >= 0.3 is 0 Å². The molecular formula is C24H25FN6O2. The first kappa shape index (κ1) is 21.2. The summed E-state index contributed by atoms with van der Waals surface area (Å²) < 4.78 is 15.3. The molecular weight excluding hydrogens is 423 g/mol. The Balaban J connectivity index is 1.38. The summed E-state index contributed by atoms with van der Waals surface area (Å²) in [5.41, 5.74) is 2.53. The smallest absolute Gasteiger partial charge is 0.244 e. The van der Waals surface area contributed by atoms with Crippen LogP contribution in [0.3, 0.4) is 0 Å². The molecule has 0 unspecified atom stereocenters. The van der Waals surface area contributed by atoms with Crippen molar-refractivity contribution in [2.45, 2.75) is 45.2 Å². The van der Waals surface area contributed by atoms with Crippen molar-refractivity contribution >= 4 is 17.6 Å². The largest absolute Gasteiger partial charge is 0.340 e. The van der Waals surface area contributed by atoms with E-state index in [0.717, 1.165) is 17.7 Å². The molecule has 0 spiro atoms. The van der Waals surface area contributed by atoms with E-state index in [4.69, 9.17) is 9.97 Å². The molecule has 1 fully saturated rings. The van der Waals surface area contributed by atoms with Gasteiger partial charge in [-0.2, -0.15) is 5.10 Å². The highest BCUT2D eigenvalue weighted by Gasteiger charge is 2.33. The minimum atomic E-state index is -0.331. The number of amides is 2. The lowest BCUT2D eigenvalue weighted by Gasteiger charge is -2.30. The number of anilines is 1. The maximum atomic E-state index is 13.7. The third kappa shape index (κ3) is 4.35. The first-order valence-corrected chi connectivity index (χ1v) is 11.2. The Kier molecular flexibility index (Phi) is 5.62. The molecule has 0 radical (unpaired) electrons. The van der Waals surface area contributed by atoms with E-state index in [1.165, 1.54) is 12.1 Å². The number of likely N-dealkylation sites (tertiary alicyclic amines) is 1. The van der Waals surface area contributed by atoms with Crippen LogP contribution in [0.15, 0.2) is 42.7 Å². The number of halogens is 1. The number of carbonyl (C=O) groups is 2. The molecule has 5 rings (SSSR count). The number of nitrogens with zero attached hydrogens (tertiary/aromatic N) is 6. The van der Waals surface area contributed by atoms with Crippen LogP contribution in [0.1, 0.15) is 41.4 Å². The zero-order valence-electron chi connectivity index (χ0n) is 18.4. The van der Waals surface area contributed by atoms with Gasteiger partial charge in [-0.05, 0) is 43.5 Å². The molecule has 2 aromatic heterocycles. The van der Waals surface area contributed by atoms with E-state index in [1.807, 2.05) is 11.8 Å². The Labute approximate surface area is 191 Å². The fourth-order valence-corrected chi connectivity index (χ4v) is 4.60. The molecule has 4 heterocycles. The highest BCUT2D eigenvalue weighted by molar-refractivity contribution is 5.95. The summed E-state index contributed by atoms with van der Waals surface area (Å²) in [6.07, 6.45) is 5.16. The predicted molar refractivity (Wildman–Crippen MR) is 119 cm³/mol. The average molecular weight is 449 g/mol. The van der Waals surface area contributed by atoms with Crippen molar-refractivity contribution in [3.8, 4) is 0 Å². The van der Waals surface area contributed by atoms with E-state index in [0.29, 0.717) is 43.1 Å². The van der Waals surface area contributed by atoms with Crippen LogP contribution < -0.4 is 4.90 Å². The number of aromatic nitrogens is 4. The molecule has 3 aromatic rings. The molecule has 1 saturated heterocycles. The SMILES string of the molecule is Cc1nc([C@H]2CCN(C(=O)Cn3cccn3)C2)nc2c1CCC(=O)N2Cc1cccc(F)c1. The summed E-state index contributed by atoms with van der Waals surface area (Å²) >= 11 is 0. The Morgan fingerprint density at radius 2 is 2.09 bits per heavy atom. The van der Waals surface area contributed by atoms with E-state index in [9.17, 15) is 14.0 Å². The third-order valence-electron chi connectivity index (χ3n) is 6.35. The average Bonchev–Trinajstić information content (AvgIpc) is 3.48. The number of hydrogen-bond donors (Lipinski definition) is 0. The lowest BCUT2D eigenvalue weighted by atomic mass is 10.0. The van der Waals surface area contributed by atoms with Crippen molar-refractivity contribution in [1.82, 2.24) is 24.6 Å². The number of fused-ring (bicyclic) bond motifs is 1. The third-order valence-corrected chi connectivity index (χ3v) is 6.35. The molecule has 2 aliphatic rings. The zero-order valence-corrected chi connectivity index (χ0v) is 18.4. The second-order valence-corrected chi connectivity index (χ2v) is 8.61. The van der Waals surface area contributed by atoms with Crippen LogP contribution in [0.4, 0.5) is 10.2 Å². The number of aryl methyl sites for hydroxylation is 1. The molecule has 1 atom stereocenters. The van der Waals surface area contributed by atoms with Crippen LogP contribution in [0.5, 0.6) is 0 Å². The van der Waals surface area contributed by atoms with Crippen molar-refractivity contribution in [3.05, 3.63) is 71.2 Å². The van der Waals surface area contributed by atoms with Crippen LogP contribution in [-0.2, 0) is 29.1 Å². The van der Waals surface area contributed by atoms with Gasteiger partial charge in [-0.25, -0.2) is 14.4 Å². The fraction of sp³-hybridized carbons (Fsp3) is 0.375. The van der Waals surface area contributed by atoms with Crippen LogP contribution in [-0.4, -0.2) is 49.6 Å². The summed E-state index contributed by atoms with van der Waals surface area (Å²) in [5.74, 6) is 0.919. The molecule has 2 amide bonds. The molecule has 0 bridgehead atoms. The van der Waals surface area contributed by atoms with E-state index in [-0.39, 0.29) is 36.6 Å². The van der Waals surface area contributed by atoms with Gasteiger partial charge < -0.3 is 4.90 Å². The molecule has 1 aromatic carbocycles. The van der Waals surface area contributed by atoms with Crippen molar-refractivity contribution in [2.75, 3.05) is 18.0 Å². The normalized spacial score (nSPS) is 18.0. The second kappa shape index (κ2) is 8.73. The summed E-state index contributed by atoms with van der Waals surface area (Å²) in [5, 5.41) is 4.10.